The van der Waals surface area contributed by atoms with Crippen molar-refractivity contribution in [1.29, 1.82) is 0 Å². The van der Waals surface area contributed by atoms with Crippen molar-refractivity contribution in [2.45, 2.75) is 44.7 Å². The standard InChI is InChI=1S/C23H22Cl2N8O5S/c1-11(2)38-23-28-21(25)27-22(29-23)26-14-8-9-17(39(35,36)37)16(10-14)30-31-18-13(4)32-33(20(18)34)19-12(3)6-5-7-15(19)24/h5-11,18H,1-4H3,(H,35,36,37)(H,26,27,28,29)/t18-/m1/s1. The number of hydrogen-bond donors (Lipinski definition) is 2. The highest BCUT2D eigenvalue weighted by Crippen LogP contribution is 2.34. The van der Waals surface area contributed by atoms with Gasteiger partial charge in [-0.2, -0.15) is 43.7 Å². The number of para-hydroxylation sites is 1. The van der Waals surface area contributed by atoms with Crippen LogP contribution in [0.3, 0.4) is 0 Å². The fraction of sp³-hybridized carbons (Fsp3) is 0.261. The molecule has 0 fully saturated rings. The Bertz CT molecular complexity index is 1590. The molecule has 1 aliphatic heterocycles. The molecule has 16 heteroatoms. The van der Waals surface area contributed by atoms with Crippen molar-refractivity contribution < 1.29 is 22.5 Å². The number of rotatable bonds is 8. The maximum absolute atomic E-state index is 13.1. The topological polar surface area (TPSA) is 172 Å². The van der Waals surface area contributed by atoms with Crippen LogP contribution in [-0.2, 0) is 14.9 Å². The number of ether oxygens (including phenoxy) is 1. The molecule has 204 valence electrons. The van der Waals surface area contributed by atoms with Crippen molar-refractivity contribution in [2.75, 3.05) is 10.3 Å². The Morgan fingerprint density at radius 2 is 1.87 bits per heavy atom. The second kappa shape index (κ2) is 11.2. The summed E-state index contributed by atoms with van der Waals surface area (Å²) in [4.78, 5) is 24.6. The van der Waals surface area contributed by atoms with E-state index < -0.39 is 27.0 Å². The van der Waals surface area contributed by atoms with E-state index in [1.807, 2.05) is 0 Å². The van der Waals surface area contributed by atoms with Gasteiger partial charge in [0.2, 0.25) is 11.2 Å². The van der Waals surface area contributed by atoms with Crippen molar-refractivity contribution in [3.05, 3.63) is 52.3 Å². The van der Waals surface area contributed by atoms with E-state index in [-0.39, 0.29) is 34.7 Å². The molecular formula is C23H22Cl2N8O5S. The maximum atomic E-state index is 13.1. The summed E-state index contributed by atoms with van der Waals surface area (Å²) in [6.45, 7) is 6.93. The quantitative estimate of drug-likeness (QED) is 0.265. The minimum atomic E-state index is -4.69. The smallest absolute Gasteiger partial charge is 0.322 e. The molecule has 0 spiro atoms. The molecule has 3 aromatic rings. The molecule has 1 aliphatic rings. The molecule has 0 radical (unpaired) electrons. The Balaban J connectivity index is 1.65. The average Bonchev–Trinajstić information content (AvgIpc) is 3.09. The molecule has 0 unspecified atom stereocenters. The first kappa shape index (κ1) is 28.3. The monoisotopic (exact) mass is 592 g/mol. The second-order valence-corrected chi connectivity index (χ2v) is 10.7. The van der Waals surface area contributed by atoms with Crippen LogP contribution in [0.4, 0.5) is 23.0 Å². The number of carbonyl (C=O) groups excluding carboxylic acids is 1. The summed E-state index contributed by atoms with van der Waals surface area (Å²) in [5.74, 6) is -0.527. The second-order valence-electron chi connectivity index (χ2n) is 8.57. The van der Waals surface area contributed by atoms with Crippen LogP contribution in [0.2, 0.25) is 10.3 Å². The molecule has 13 nitrogen and oxygen atoms in total. The minimum absolute atomic E-state index is 0.00726. The third-order valence-corrected chi connectivity index (χ3v) is 6.57. The van der Waals surface area contributed by atoms with Crippen LogP contribution in [0, 0.1) is 6.92 Å². The van der Waals surface area contributed by atoms with Gasteiger partial charge in [-0.05, 0) is 69.1 Å². The third kappa shape index (κ3) is 6.47. The van der Waals surface area contributed by atoms with Crippen LogP contribution in [0.15, 0.2) is 56.6 Å². The number of hydrogen-bond acceptors (Lipinski definition) is 11. The largest absolute Gasteiger partial charge is 0.461 e. The van der Waals surface area contributed by atoms with Gasteiger partial charge in [0.15, 0.2) is 6.04 Å². The Kier molecular flexibility index (Phi) is 8.11. The summed E-state index contributed by atoms with van der Waals surface area (Å²) < 4.78 is 39.2. The maximum Gasteiger partial charge on any atom is 0.322 e. The van der Waals surface area contributed by atoms with Gasteiger partial charge in [-0.3, -0.25) is 9.35 Å². The number of aromatic nitrogens is 3. The van der Waals surface area contributed by atoms with Crippen LogP contribution in [0.25, 0.3) is 0 Å². The molecule has 1 atom stereocenters. The lowest BCUT2D eigenvalue weighted by Gasteiger charge is -2.16. The fourth-order valence-electron chi connectivity index (χ4n) is 3.53. The molecule has 0 saturated heterocycles. The lowest BCUT2D eigenvalue weighted by molar-refractivity contribution is -0.117. The molecule has 39 heavy (non-hydrogen) atoms. The normalized spacial score (nSPS) is 15.8. The lowest BCUT2D eigenvalue weighted by atomic mass is 10.1. The molecule has 1 aromatic heterocycles. The number of anilines is 3. The highest BCUT2D eigenvalue weighted by atomic mass is 35.5. The van der Waals surface area contributed by atoms with E-state index in [0.29, 0.717) is 16.4 Å². The summed E-state index contributed by atoms with van der Waals surface area (Å²) in [5, 5.41) is 16.5. The molecule has 4 rings (SSSR count). The highest BCUT2D eigenvalue weighted by Gasteiger charge is 2.36. The van der Waals surface area contributed by atoms with Gasteiger partial charge in [-0.1, -0.05) is 23.7 Å². The Labute approximate surface area is 233 Å². The summed E-state index contributed by atoms with van der Waals surface area (Å²) in [7, 11) is -4.69. The lowest BCUT2D eigenvalue weighted by Crippen LogP contribution is -2.30. The minimum Gasteiger partial charge on any atom is -0.461 e. The number of carbonyl (C=O) groups is 1. The summed E-state index contributed by atoms with van der Waals surface area (Å²) >= 11 is 12.3. The van der Waals surface area contributed by atoms with E-state index in [4.69, 9.17) is 27.9 Å². The van der Waals surface area contributed by atoms with Gasteiger partial charge in [-0.25, -0.2) is 0 Å². The number of nitrogens with one attached hydrogen (secondary N) is 1. The van der Waals surface area contributed by atoms with E-state index >= 15 is 0 Å². The van der Waals surface area contributed by atoms with E-state index in [9.17, 15) is 17.8 Å². The van der Waals surface area contributed by atoms with Gasteiger partial charge >= 0.3 is 6.01 Å². The van der Waals surface area contributed by atoms with Gasteiger partial charge in [0.25, 0.3) is 16.0 Å². The molecule has 0 bridgehead atoms. The summed E-state index contributed by atoms with van der Waals surface area (Å²) in [5.41, 5.74) is 1.45. The first-order valence-electron chi connectivity index (χ1n) is 11.4. The van der Waals surface area contributed by atoms with E-state index in [1.54, 1.807) is 45.9 Å². The van der Waals surface area contributed by atoms with Gasteiger partial charge in [0, 0.05) is 5.69 Å². The van der Waals surface area contributed by atoms with Crippen molar-refractivity contribution in [1.82, 2.24) is 15.0 Å². The van der Waals surface area contributed by atoms with Gasteiger partial charge < -0.3 is 10.1 Å². The fourth-order valence-corrected chi connectivity index (χ4v) is 4.59. The number of azo groups is 1. The highest BCUT2D eigenvalue weighted by molar-refractivity contribution is 7.86. The van der Waals surface area contributed by atoms with E-state index in [2.05, 4.69) is 35.6 Å². The van der Waals surface area contributed by atoms with Gasteiger partial charge in [0.1, 0.15) is 10.6 Å². The average molecular weight is 593 g/mol. The van der Waals surface area contributed by atoms with Crippen molar-refractivity contribution >= 4 is 67.9 Å². The van der Waals surface area contributed by atoms with Crippen molar-refractivity contribution in [3.8, 4) is 6.01 Å². The first-order valence-corrected chi connectivity index (χ1v) is 13.5. The van der Waals surface area contributed by atoms with Gasteiger partial charge in [-0.15, -0.1) is 0 Å². The molecule has 2 N–H and O–H groups in total. The van der Waals surface area contributed by atoms with Crippen molar-refractivity contribution in [3.63, 3.8) is 0 Å². The molecule has 1 amide bonds. The van der Waals surface area contributed by atoms with Crippen LogP contribution >= 0.6 is 23.2 Å². The van der Waals surface area contributed by atoms with E-state index in [0.717, 1.165) is 16.6 Å². The van der Waals surface area contributed by atoms with Crippen LogP contribution < -0.4 is 15.1 Å². The Hall–Kier alpha value is -3.72. The number of amides is 1. The summed E-state index contributed by atoms with van der Waals surface area (Å²) in [6.07, 6.45) is -0.222. The number of halogens is 2. The SMILES string of the molecule is CC1=NN(c2c(C)cccc2Cl)C(=O)[C@@H]1N=Nc1cc(Nc2nc(Cl)nc(OC(C)C)n2)ccc1S(=O)(=O)O. The zero-order valence-corrected chi connectivity index (χ0v) is 23.3. The first-order chi connectivity index (χ1) is 18.3. The Morgan fingerprint density at radius 3 is 2.54 bits per heavy atom. The predicted octanol–water partition coefficient (Wildman–Crippen LogP) is 5.14. The molecule has 2 aromatic carbocycles. The molecule has 0 saturated carbocycles. The van der Waals surface area contributed by atoms with Crippen LogP contribution in [-0.4, -0.2) is 51.7 Å². The van der Waals surface area contributed by atoms with Crippen molar-refractivity contribution in [2.24, 2.45) is 15.3 Å². The zero-order chi connectivity index (χ0) is 28.5. The molecular weight excluding hydrogens is 571 g/mol. The predicted molar refractivity (Wildman–Crippen MR) is 145 cm³/mol. The number of nitrogens with zero attached hydrogens (tertiary/aromatic N) is 7. The third-order valence-electron chi connectivity index (χ3n) is 5.20. The van der Waals surface area contributed by atoms with E-state index in [1.165, 1.54) is 12.1 Å². The summed E-state index contributed by atoms with van der Waals surface area (Å²) in [6, 6.07) is 7.72. The van der Waals surface area contributed by atoms with Gasteiger partial charge in [0.05, 0.1) is 22.5 Å². The zero-order valence-electron chi connectivity index (χ0n) is 21.0. The number of aryl methyl sites for hydroxylation is 1. The Morgan fingerprint density at radius 1 is 1.13 bits per heavy atom. The number of benzene rings is 2. The molecule has 2 heterocycles. The van der Waals surface area contributed by atoms with Crippen LogP contribution in [0.5, 0.6) is 6.01 Å². The van der Waals surface area contributed by atoms with Crippen LogP contribution in [0.1, 0.15) is 26.3 Å². The number of hydrazone groups is 1. The molecule has 0 aliphatic carbocycles.